The predicted molar refractivity (Wildman–Crippen MR) is 94.8 cm³/mol. The van der Waals surface area contributed by atoms with Crippen LogP contribution in [0.15, 0.2) is 46.9 Å². The van der Waals surface area contributed by atoms with Crippen LogP contribution in [0.3, 0.4) is 0 Å². The molecule has 1 aromatic carbocycles. The lowest BCUT2D eigenvalue weighted by atomic mass is 10.1. The third kappa shape index (κ3) is 4.59. The molecule has 2 aromatic rings. The van der Waals surface area contributed by atoms with E-state index >= 15 is 0 Å². The molecule has 2 rings (SSSR count). The van der Waals surface area contributed by atoms with Gasteiger partial charge in [-0.15, -0.1) is 0 Å². The molecule has 5 heteroatoms. The first kappa shape index (κ1) is 17.5. The highest BCUT2D eigenvalue weighted by molar-refractivity contribution is 6.02. The van der Waals surface area contributed by atoms with E-state index in [9.17, 15) is 9.59 Å². The summed E-state index contributed by atoms with van der Waals surface area (Å²) in [5.74, 6) is 1.16. The molecule has 0 aliphatic carbocycles. The van der Waals surface area contributed by atoms with Gasteiger partial charge in [0.1, 0.15) is 11.5 Å². The van der Waals surface area contributed by atoms with Crippen molar-refractivity contribution in [1.82, 2.24) is 4.90 Å². The van der Waals surface area contributed by atoms with Gasteiger partial charge in [-0.25, -0.2) is 0 Å². The van der Waals surface area contributed by atoms with Crippen molar-refractivity contribution in [1.29, 1.82) is 0 Å². The molecule has 0 saturated heterocycles. The zero-order chi connectivity index (χ0) is 17.5. The molecule has 24 heavy (non-hydrogen) atoms. The highest BCUT2D eigenvalue weighted by Crippen LogP contribution is 2.12. The normalized spacial score (nSPS) is 10.8. The van der Waals surface area contributed by atoms with Crippen LogP contribution in [0.5, 0.6) is 0 Å². The summed E-state index contributed by atoms with van der Waals surface area (Å²) in [5.41, 5.74) is 1.25. The lowest BCUT2D eigenvalue weighted by molar-refractivity contribution is -0.111. The van der Waals surface area contributed by atoms with Gasteiger partial charge in [-0.1, -0.05) is 0 Å². The molecule has 0 atom stereocenters. The smallest absolute Gasteiger partial charge is 0.253 e. The molecule has 0 saturated carbocycles. The van der Waals surface area contributed by atoms with Crippen LogP contribution in [-0.4, -0.2) is 29.8 Å². The number of carbonyl (C=O) groups excluding carboxylic acids is 2. The van der Waals surface area contributed by atoms with E-state index < -0.39 is 0 Å². The number of nitrogens with one attached hydrogen (secondary N) is 1. The van der Waals surface area contributed by atoms with E-state index in [2.05, 4.69) is 5.32 Å². The van der Waals surface area contributed by atoms with Crippen molar-refractivity contribution in [3.05, 3.63) is 59.6 Å². The highest BCUT2D eigenvalue weighted by Gasteiger charge is 2.12. The van der Waals surface area contributed by atoms with Gasteiger partial charge in [-0.05, 0) is 63.2 Å². The molecule has 2 amide bonds. The standard InChI is InChI=1S/C19H22N2O3/c1-4-21(5-2)19(23)15-7-9-16(10-8-15)20-18(22)13-12-17-11-6-14(3)24-17/h6-13H,4-5H2,1-3H3,(H,20,22). The van der Waals surface area contributed by atoms with Crippen LogP contribution < -0.4 is 5.32 Å². The molecule has 0 aliphatic rings. The minimum absolute atomic E-state index is 0.00837. The van der Waals surface area contributed by atoms with E-state index in [0.717, 1.165) is 5.76 Å². The maximum absolute atomic E-state index is 12.2. The summed E-state index contributed by atoms with van der Waals surface area (Å²) in [6.45, 7) is 7.08. The molecule has 1 heterocycles. The molecule has 0 bridgehead atoms. The Balaban J connectivity index is 1.97. The van der Waals surface area contributed by atoms with Gasteiger partial charge in [0.05, 0.1) is 0 Å². The van der Waals surface area contributed by atoms with E-state index in [1.807, 2.05) is 26.8 Å². The Morgan fingerprint density at radius 1 is 1.08 bits per heavy atom. The second-order valence-electron chi connectivity index (χ2n) is 5.33. The monoisotopic (exact) mass is 326 g/mol. The van der Waals surface area contributed by atoms with Crippen LogP contribution in [0.1, 0.15) is 35.7 Å². The quantitative estimate of drug-likeness (QED) is 0.823. The summed E-state index contributed by atoms with van der Waals surface area (Å²) in [6, 6.07) is 10.5. The van der Waals surface area contributed by atoms with Gasteiger partial charge in [0, 0.05) is 30.4 Å². The Bertz CT molecular complexity index is 725. The first-order valence-electron chi connectivity index (χ1n) is 7.98. The lowest BCUT2D eigenvalue weighted by Gasteiger charge is -2.18. The van der Waals surface area contributed by atoms with Crippen LogP contribution in [0, 0.1) is 6.92 Å². The number of rotatable bonds is 6. The van der Waals surface area contributed by atoms with E-state index in [1.165, 1.54) is 6.08 Å². The van der Waals surface area contributed by atoms with Crippen molar-refractivity contribution in [3.63, 3.8) is 0 Å². The summed E-state index contributed by atoms with van der Waals surface area (Å²) >= 11 is 0. The third-order valence-corrected chi connectivity index (χ3v) is 3.61. The SMILES string of the molecule is CCN(CC)C(=O)c1ccc(NC(=O)C=Cc2ccc(C)o2)cc1. The van der Waals surface area contributed by atoms with Crippen LogP contribution in [0.25, 0.3) is 6.08 Å². The van der Waals surface area contributed by atoms with Crippen molar-refractivity contribution in [3.8, 4) is 0 Å². The second-order valence-corrected chi connectivity index (χ2v) is 5.33. The summed E-state index contributed by atoms with van der Waals surface area (Å²) < 4.78 is 5.36. The van der Waals surface area contributed by atoms with Crippen molar-refractivity contribution >= 4 is 23.6 Å². The summed E-state index contributed by atoms with van der Waals surface area (Å²) in [7, 11) is 0. The number of hydrogen-bond donors (Lipinski definition) is 1. The van der Waals surface area contributed by atoms with Crippen molar-refractivity contribution < 1.29 is 14.0 Å². The van der Waals surface area contributed by atoms with Crippen LogP contribution >= 0.6 is 0 Å². The Kier molecular flexibility index (Phi) is 5.95. The van der Waals surface area contributed by atoms with Crippen LogP contribution in [-0.2, 0) is 4.79 Å². The molecule has 0 fully saturated rings. The van der Waals surface area contributed by atoms with Gasteiger partial charge in [-0.2, -0.15) is 0 Å². The van der Waals surface area contributed by atoms with Crippen LogP contribution in [0.2, 0.25) is 0 Å². The molecule has 0 unspecified atom stereocenters. The molecule has 0 radical (unpaired) electrons. The van der Waals surface area contributed by atoms with Gasteiger partial charge in [0.2, 0.25) is 5.91 Å². The molecule has 5 nitrogen and oxygen atoms in total. The van der Waals surface area contributed by atoms with Gasteiger partial charge < -0.3 is 14.6 Å². The zero-order valence-corrected chi connectivity index (χ0v) is 14.2. The Morgan fingerprint density at radius 3 is 2.29 bits per heavy atom. The molecule has 1 N–H and O–H groups in total. The van der Waals surface area contributed by atoms with Gasteiger partial charge in [0.25, 0.3) is 5.91 Å². The maximum Gasteiger partial charge on any atom is 0.253 e. The van der Waals surface area contributed by atoms with Crippen molar-refractivity contribution in [2.24, 2.45) is 0 Å². The van der Waals surface area contributed by atoms with Crippen molar-refractivity contribution in [2.75, 3.05) is 18.4 Å². The summed E-state index contributed by atoms with van der Waals surface area (Å²) in [6.07, 6.45) is 3.02. The minimum atomic E-state index is -0.258. The molecule has 126 valence electrons. The van der Waals surface area contributed by atoms with E-state index in [4.69, 9.17) is 4.42 Å². The number of carbonyl (C=O) groups is 2. The Labute approximate surface area is 142 Å². The fraction of sp³-hybridized carbons (Fsp3) is 0.263. The summed E-state index contributed by atoms with van der Waals surface area (Å²) in [5, 5.41) is 2.75. The lowest BCUT2D eigenvalue weighted by Crippen LogP contribution is -2.30. The molecular weight excluding hydrogens is 304 g/mol. The topological polar surface area (TPSA) is 62.6 Å². The number of nitrogens with zero attached hydrogens (tertiary/aromatic N) is 1. The van der Waals surface area contributed by atoms with Crippen molar-refractivity contribution in [2.45, 2.75) is 20.8 Å². The minimum Gasteiger partial charge on any atom is -0.462 e. The summed E-state index contributed by atoms with van der Waals surface area (Å²) in [4.78, 5) is 25.9. The van der Waals surface area contributed by atoms with E-state index in [1.54, 1.807) is 41.3 Å². The Hall–Kier alpha value is -2.82. The fourth-order valence-electron chi connectivity index (χ4n) is 2.27. The predicted octanol–water partition coefficient (Wildman–Crippen LogP) is 3.72. The first-order valence-corrected chi connectivity index (χ1v) is 7.98. The van der Waals surface area contributed by atoms with Gasteiger partial charge in [-0.3, -0.25) is 9.59 Å². The third-order valence-electron chi connectivity index (χ3n) is 3.61. The number of aryl methyl sites for hydroxylation is 1. The molecule has 1 aromatic heterocycles. The van der Waals surface area contributed by atoms with Gasteiger partial charge >= 0.3 is 0 Å². The maximum atomic E-state index is 12.2. The first-order chi connectivity index (χ1) is 11.5. The fourth-order valence-corrected chi connectivity index (χ4v) is 2.27. The number of hydrogen-bond acceptors (Lipinski definition) is 3. The van der Waals surface area contributed by atoms with E-state index in [-0.39, 0.29) is 11.8 Å². The average molecular weight is 326 g/mol. The molecular formula is C19H22N2O3. The number of amides is 2. The average Bonchev–Trinajstić information content (AvgIpc) is 3.00. The largest absolute Gasteiger partial charge is 0.462 e. The molecule has 0 spiro atoms. The highest BCUT2D eigenvalue weighted by atomic mass is 16.3. The zero-order valence-electron chi connectivity index (χ0n) is 14.2. The number of furan rings is 1. The molecule has 0 aliphatic heterocycles. The Morgan fingerprint density at radius 2 is 1.75 bits per heavy atom. The second kappa shape index (κ2) is 8.15. The van der Waals surface area contributed by atoms with Gasteiger partial charge in [0.15, 0.2) is 0 Å². The number of benzene rings is 1. The van der Waals surface area contributed by atoms with Crippen LogP contribution in [0.4, 0.5) is 5.69 Å². The number of anilines is 1. The van der Waals surface area contributed by atoms with E-state index in [0.29, 0.717) is 30.1 Å².